The molecule has 2 aromatic carbocycles. The fourth-order valence-electron chi connectivity index (χ4n) is 2.47. The van der Waals surface area contributed by atoms with E-state index < -0.39 is 6.10 Å². The number of aryl methyl sites for hydroxylation is 1. The molecule has 0 unspecified atom stereocenters. The average molecular weight is 420 g/mol. The van der Waals surface area contributed by atoms with Gasteiger partial charge < -0.3 is 14.8 Å². The van der Waals surface area contributed by atoms with Gasteiger partial charge >= 0.3 is 0 Å². The van der Waals surface area contributed by atoms with Crippen LogP contribution in [0.3, 0.4) is 0 Å². The van der Waals surface area contributed by atoms with Gasteiger partial charge in [-0.2, -0.15) is 0 Å². The monoisotopic (exact) mass is 419 g/mol. The highest BCUT2D eigenvalue weighted by atomic mass is 79.9. The van der Waals surface area contributed by atoms with Gasteiger partial charge in [0.1, 0.15) is 11.5 Å². The first-order valence-electron chi connectivity index (χ1n) is 8.89. The maximum absolute atomic E-state index is 12.1. The summed E-state index contributed by atoms with van der Waals surface area (Å²) in [6.07, 6.45) is 1.38. The van der Waals surface area contributed by atoms with E-state index in [2.05, 4.69) is 33.4 Å². The Morgan fingerprint density at radius 2 is 1.77 bits per heavy atom. The number of carbonyl (C=O) groups is 1. The quantitative estimate of drug-likeness (QED) is 0.596. The van der Waals surface area contributed by atoms with Crippen molar-refractivity contribution in [2.24, 2.45) is 0 Å². The Balaban J connectivity index is 1.71. The fraction of sp³-hybridized carbons (Fsp3) is 0.381. The van der Waals surface area contributed by atoms with Gasteiger partial charge in [0, 0.05) is 11.0 Å². The Labute approximate surface area is 164 Å². The first kappa shape index (κ1) is 20.3. The smallest absolute Gasteiger partial charge is 0.260 e. The van der Waals surface area contributed by atoms with Crippen LogP contribution in [0.1, 0.15) is 32.8 Å². The lowest BCUT2D eigenvalue weighted by Crippen LogP contribution is -2.36. The summed E-state index contributed by atoms with van der Waals surface area (Å²) >= 11 is 3.38. The standard InChI is InChI=1S/C21H26BrNO3/c1-15(2)25-20-8-4-6-17(14-20)7-5-13-23-21(24)16(3)26-19-11-9-18(22)10-12-19/h4,6,8-12,14-16H,5,7,13H2,1-3H3,(H,23,24)/t16-/m0/s1. The molecule has 2 rings (SSSR count). The van der Waals surface area contributed by atoms with Crippen molar-refractivity contribution in [3.8, 4) is 11.5 Å². The number of hydrogen-bond acceptors (Lipinski definition) is 3. The van der Waals surface area contributed by atoms with Crippen molar-refractivity contribution in [2.75, 3.05) is 6.54 Å². The van der Waals surface area contributed by atoms with E-state index in [1.165, 1.54) is 5.56 Å². The molecule has 1 atom stereocenters. The molecule has 0 saturated heterocycles. The summed E-state index contributed by atoms with van der Waals surface area (Å²) in [6.45, 7) is 6.39. The van der Waals surface area contributed by atoms with Gasteiger partial charge in [0.05, 0.1) is 6.10 Å². The molecule has 0 radical (unpaired) electrons. The summed E-state index contributed by atoms with van der Waals surface area (Å²) in [5, 5.41) is 2.93. The van der Waals surface area contributed by atoms with Crippen LogP contribution in [-0.4, -0.2) is 24.7 Å². The zero-order valence-electron chi connectivity index (χ0n) is 15.5. The van der Waals surface area contributed by atoms with E-state index in [0.29, 0.717) is 12.3 Å². The molecule has 26 heavy (non-hydrogen) atoms. The highest BCUT2D eigenvalue weighted by Gasteiger charge is 2.13. The molecular formula is C21H26BrNO3. The minimum Gasteiger partial charge on any atom is -0.491 e. The number of hydrogen-bond donors (Lipinski definition) is 1. The van der Waals surface area contributed by atoms with Crippen LogP contribution < -0.4 is 14.8 Å². The SMILES string of the molecule is CC(C)Oc1cccc(CCCNC(=O)[C@H](C)Oc2ccc(Br)cc2)c1. The van der Waals surface area contributed by atoms with Crippen molar-refractivity contribution in [2.45, 2.75) is 45.8 Å². The van der Waals surface area contributed by atoms with E-state index in [1.807, 2.05) is 50.2 Å². The van der Waals surface area contributed by atoms with Crippen molar-refractivity contribution in [1.29, 1.82) is 0 Å². The number of benzene rings is 2. The second-order valence-electron chi connectivity index (χ2n) is 6.42. The molecule has 1 amide bonds. The lowest BCUT2D eigenvalue weighted by atomic mass is 10.1. The van der Waals surface area contributed by atoms with Crippen LogP contribution in [0.25, 0.3) is 0 Å². The molecular weight excluding hydrogens is 394 g/mol. The topological polar surface area (TPSA) is 47.6 Å². The van der Waals surface area contributed by atoms with Crippen LogP contribution in [-0.2, 0) is 11.2 Å². The van der Waals surface area contributed by atoms with Gasteiger partial charge in [0.25, 0.3) is 5.91 Å². The summed E-state index contributed by atoms with van der Waals surface area (Å²) in [7, 11) is 0. The third-order valence-electron chi connectivity index (χ3n) is 3.71. The Kier molecular flexibility index (Phi) is 7.98. The van der Waals surface area contributed by atoms with Crippen LogP contribution in [0.2, 0.25) is 0 Å². The molecule has 0 fully saturated rings. The number of amides is 1. The zero-order valence-corrected chi connectivity index (χ0v) is 17.1. The highest BCUT2D eigenvalue weighted by molar-refractivity contribution is 9.10. The second-order valence-corrected chi connectivity index (χ2v) is 7.34. The Bertz CT molecular complexity index is 701. The fourth-order valence-corrected chi connectivity index (χ4v) is 2.73. The molecule has 0 aliphatic heterocycles. The molecule has 5 heteroatoms. The van der Waals surface area contributed by atoms with Gasteiger partial charge in [-0.25, -0.2) is 0 Å². The minimum absolute atomic E-state index is 0.107. The number of nitrogens with one attached hydrogen (secondary N) is 1. The number of rotatable bonds is 9. The normalized spacial score (nSPS) is 11.9. The first-order valence-corrected chi connectivity index (χ1v) is 9.69. The summed E-state index contributed by atoms with van der Waals surface area (Å²) < 4.78 is 12.3. The van der Waals surface area contributed by atoms with Crippen LogP contribution in [0.4, 0.5) is 0 Å². The van der Waals surface area contributed by atoms with Crippen LogP contribution in [0.5, 0.6) is 11.5 Å². The largest absolute Gasteiger partial charge is 0.491 e. The number of carbonyl (C=O) groups excluding carboxylic acids is 1. The van der Waals surface area contributed by atoms with Crippen LogP contribution in [0, 0.1) is 0 Å². The Morgan fingerprint density at radius 1 is 1.04 bits per heavy atom. The molecule has 4 nitrogen and oxygen atoms in total. The number of halogens is 1. The molecule has 1 N–H and O–H groups in total. The van der Waals surface area contributed by atoms with Gasteiger partial charge in [0.15, 0.2) is 6.10 Å². The van der Waals surface area contributed by atoms with Gasteiger partial charge in [-0.1, -0.05) is 28.1 Å². The molecule has 0 heterocycles. The maximum atomic E-state index is 12.1. The molecule has 0 bridgehead atoms. The molecule has 0 aliphatic rings. The van der Waals surface area contributed by atoms with Crippen LogP contribution in [0.15, 0.2) is 53.0 Å². The van der Waals surface area contributed by atoms with E-state index >= 15 is 0 Å². The average Bonchev–Trinajstić information content (AvgIpc) is 2.60. The van der Waals surface area contributed by atoms with Crippen molar-refractivity contribution < 1.29 is 14.3 Å². The maximum Gasteiger partial charge on any atom is 0.260 e. The lowest BCUT2D eigenvalue weighted by molar-refractivity contribution is -0.127. The third kappa shape index (κ3) is 7.08. The van der Waals surface area contributed by atoms with Gasteiger partial charge in [-0.15, -0.1) is 0 Å². The molecule has 0 saturated carbocycles. The van der Waals surface area contributed by atoms with Crippen molar-refractivity contribution in [3.63, 3.8) is 0 Å². The summed E-state index contributed by atoms with van der Waals surface area (Å²) in [4.78, 5) is 12.1. The van der Waals surface area contributed by atoms with Crippen LogP contribution >= 0.6 is 15.9 Å². The van der Waals surface area contributed by atoms with E-state index in [1.54, 1.807) is 6.92 Å². The second kappa shape index (κ2) is 10.2. The van der Waals surface area contributed by atoms with E-state index in [9.17, 15) is 4.79 Å². The summed E-state index contributed by atoms with van der Waals surface area (Å²) in [5.74, 6) is 1.46. The van der Waals surface area contributed by atoms with E-state index in [-0.39, 0.29) is 12.0 Å². The first-order chi connectivity index (χ1) is 12.4. The van der Waals surface area contributed by atoms with Gasteiger partial charge in [-0.05, 0) is 75.6 Å². The highest BCUT2D eigenvalue weighted by Crippen LogP contribution is 2.18. The predicted octanol–water partition coefficient (Wildman–Crippen LogP) is 4.75. The number of ether oxygens (including phenoxy) is 2. The molecule has 2 aromatic rings. The zero-order chi connectivity index (χ0) is 18.9. The Hall–Kier alpha value is -2.01. The van der Waals surface area contributed by atoms with Gasteiger partial charge in [0.2, 0.25) is 0 Å². The van der Waals surface area contributed by atoms with Crippen molar-refractivity contribution in [3.05, 3.63) is 58.6 Å². The van der Waals surface area contributed by atoms with E-state index in [0.717, 1.165) is 23.1 Å². The lowest BCUT2D eigenvalue weighted by Gasteiger charge is -2.15. The molecule has 0 aliphatic carbocycles. The van der Waals surface area contributed by atoms with E-state index in [4.69, 9.17) is 9.47 Å². The summed E-state index contributed by atoms with van der Waals surface area (Å²) in [6, 6.07) is 15.5. The van der Waals surface area contributed by atoms with Crippen molar-refractivity contribution >= 4 is 21.8 Å². The summed E-state index contributed by atoms with van der Waals surface area (Å²) in [5.41, 5.74) is 1.21. The third-order valence-corrected chi connectivity index (χ3v) is 4.24. The molecule has 0 spiro atoms. The molecule has 0 aromatic heterocycles. The van der Waals surface area contributed by atoms with Crippen molar-refractivity contribution in [1.82, 2.24) is 5.32 Å². The predicted molar refractivity (Wildman–Crippen MR) is 108 cm³/mol. The van der Waals surface area contributed by atoms with Gasteiger partial charge in [-0.3, -0.25) is 4.79 Å². The molecule has 140 valence electrons. The minimum atomic E-state index is -0.529. The Morgan fingerprint density at radius 3 is 2.46 bits per heavy atom.